The molecule has 3 heterocycles. The highest BCUT2D eigenvalue weighted by molar-refractivity contribution is 7.26. The molecule has 0 unspecified atom stereocenters. The van der Waals surface area contributed by atoms with Crippen molar-refractivity contribution < 1.29 is 0 Å². The molecular formula is C62H41NS2. The number of fused-ring (bicyclic) bond motifs is 12. The van der Waals surface area contributed by atoms with Gasteiger partial charge < -0.3 is 4.57 Å². The Morgan fingerprint density at radius 2 is 0.800 bits per heavy atom. The number of allylic oxidation sites excluding steroid dienone is 4. The topological polar surface area (TPSA) is 4.93 Å². The van der Waals surface area contributed by atoms with Gasteiger partial charge in [0.05, 0.1) is 11.0 Å². The predicted molar refractivity (Wildman–Crippen MR) is 285 cm³/mol. The molecule has 10 aromatic carbocycles. The maximum atomic E-state index is 2.46. The van der Waals surface area contributed by atoms with Crippen LogP contribution in [0.4, 0.5) is 0 Å². The average Bonchev–Trinajstić information content (AvgIpc) is 4.06. The van der Waals surface area contributed by atoms with E-state index in [9.17, 15) is 0 Å². The summed E-state index contributed by atoms with van der Waals surface area (Å²) in [6, 6.07) is 74.4. The number of hydrogen-bond acceptors (Lipinski definition) is 2. The molecule has 65 heavy (non-hydrogen) atoms. The zero-order chi connectivity index (χ0) is 42.8. The second-order valence-corrected chi connectivity index (χ2v) is 19.1. The van der Waals surface area contributed by atoms with Crippen molar-refractivity contribution in [1.29, 1.82) is 0 Å². The lowest BCUT2D eigenvalue weighted by Gasteiger charge is -2.13. The van der Waals surface area contributed by atoms with Crippen molar-refractivity contribution in [3.63, 3.8) is 0 Å². The zero-order valence-electron chi connectivity index (χ0n) is 35.5. The van der Waals surface area contributed by atoms with E-state index in [1.54, 1.807) is 0 Å². The summed E-state index contributed by atoms with van der Waals surface area (Å²) < 4.78 is 7.79. The fraction of sp³-hybridized carbons (Fsp3) is 0.0323. The minimum absolute atomic E-state index is 1.15. The van der Waals surface area contributed by atoms with Gasteiger partial charge in [0.1, 0.15) is 0 Å². The maximum absolute atomic E-state index is 2.46. The van der Waals surface area contributed by atoms with Gasteiger partial charge in [0.15, 0.2) is 0 Å². The summed E-state index contributed by atoms with van der Waals surface area (Å²) in [5.41, 5.74) is 11.1. The van der Waals surface area contributed by atoms with E-state index < -0.39 is 0 Å². The van der Waals surface area contributed by atoms with Crippen LogP contribution in [-0.2, 0) is 0 Å². The number of thiophene rings is 2. The Balaban J connectivity index is 0.000000656. The van der Waals surface area contributed by atoms with Crippen LogP contribution in [0.5, 0.6) is 0 Å². The van der Waals surface area contributed by atoms with Crippen molar-refractivity contribution in [3.05, 3.63) is 224 Å². The molecule has 0 atom stereocenters. The summed E-state index contributed by atoms with van der Waals surface area (Å²) in [4.78, 5) is 0. The minimum atomic E-state index is 1.15. The van der Waals surface area contributed by atoms with Gasteiger partial charge in [0, 0.05) is 56.8 Å². The molecule has 0 saturated carbocycles. The molecule has 1 aliphatic rings. The normalized spacial score (nSPS) is 12.7. The van der Waals surface area contributed by atoms with Crippen LogP contribution in [0.3, 0.4) is 0 Å². The van der Waals surface area contributed by atoms with E-state index >= 15 is 0 Å². The molecule has 3 heteroatoms. The third-order valence-corrected chi connectivity index (χ3v) is 15.7. The summed E-state index contributed by atoms with van der Waals surface area (Å²) in [6.45, 7) is 0. The lowest BCUT2D eigenvalue weighted by Crippen LogP contribution is -1.94. The Labute approximate surface area is 385 Å². The first-order valence-electron chi connectivity index (χ1n) is 22.5. The van der Waals surface area contributed by atoms with E-state index in [1.807, 2.05) is 22.7 Å². The number of aromatic nitrogens is 1. The van der Waals surface area contributed by atoms with Gasteiger partial charge in [-0.25, -0.2) is 0 Å². The molecule has 3 aromatic heterocycles. The summed E-state index contributed by atoms with van der Waals surface area (Å²) in [5.74, 6) is 0. The molecule has 14 rings (SSSR count). The molecule has 306 valence electrons. The molecule has 0 fully saturated rings. The molecule has 0 saturated heterocycles. The van der Waals surface area contributed by atoms with E-state index in [-0.39, 0.29) is 0 Å². The van der Waals surface area contributed by atoms with Gasteiger partial charge in [0.2, 0.25) is 0 Å². The Bertz CT molecular complexity index is 3880. The lowest BCUT2D eigenvalue weighted by atomic mass is 9.93. The molecule has 13 aromatic rings. The van der Waals surface area contributed by atoms with Crippen molar-refractivity contribution in [2.75, 3.05) is 0 Å². The van der Waals surface area contributed by atoms with Crippen molar-refractivity contribution in [2.24, 2.45) is 0 Å². The molecule has 0 N–H and O–H groups in total. The molecule has 0 amide bonds. The highest BCUT2D eigenvalue weighted by Gasteiger charge is 2.19. The quantitative estimate of drug-likeness (QED) is 0.155. The van der Waals surface area contributed by atoms with Crippen molar-refractivity contribution in [3.8, 4) is 39.1 Å². The molecule has 0 bridgehead atoms. The molecule has 0 radical (unpaired) electrons. The third kappa shape index (κ3) is 6.34. The first-order chi connectivity index (χ1) is 32.2. The number of rotatable bonds is 4. The maximum Gasteiger partial charge on any atom is 0.0541 e. The van der Waals surface area contributed by atoms with Crippen LogP contribution in [0.15, 0.2) is 224 Å². The van der Waals surface area contributed by atoms with Gasteiger partial charge in [-0.05, 0) is 122 Å². The van der Waals surface area contributed by atoms with Gasteiger partial charge in [-0.1, -0.05) is 170 Å². The van der Waals surface area contributed by atoms with Crippen LogP contribution < -0.4 is 0 Å². The summed E-state index contributed by atoms with van der Waals surface area (Å²) in [7, 11) is 0. The minimum Gasteiger partial charge on any atom is -0.309 e. The smallest absolute Gasteiger partial charge is 0.0541 e. The fourth-order valence-corrected chi connectivity index (χ4v) is 12.7. The Morgan fingerprint density at radius 3 is 1.35 bits per heavy atom. The number of nitrogens with zero attached hydrogens (tertiary/aromatic N) is 1. The summed E-state index contributed by atoms with van der Waals surface area (Å²) >= 11 is 3.79. The molecular weight excluding hydrogens is 823 g/mol. The molecule has 1 nitrogen and oxygen atoms in total. The van der Waals surface area contributed by atoms with Crippen molar-refractivity contribution in [2.45, 2.75) is 12.8 Å². The SMILES string of the molecule is C1=CCCC=C1.c1ccc2c(c1)cc(-c1ccc(-n3c4ccc(-c5cccc6c5sc5ccccc56)cc4c4cc(-c5cccc6c5sc5ccccc56)ccc43)cc1)c1ccccc12. The van der Waals surface area contributed by atoms with E-state index in [4.69, 9.17) is 0 Å². The molecule has 1 aliphatic carbocycles. The van der Waals surface area contributed by atoms with E-state index in [0.29, 0.717) is 0 Å². The van der Waals surface area contributed by atoms with Gasteiger partial charge in [0.25, 0.3) is 0 Å². The van der Waals surface area contributed by atoms with Crippen molar-refractivity contribution >= 4 is 106 Å². The molecule has 0 aliphatic heterocycles. The van der Waals surface area contributed by atoms with Crippen LogP contribution in [0, 0.1) is 0 Å². The first-order valence-corrected chi connectivity index (χ1v) is 24.1. The van der Waals surface area contributed by atoms with E-state index in [0.717, 1.165) is 5.69 Å². The van der Waals surface area contributed by atoms with Crippen LogP contribution >= 0.6 is 22.7 Å². The second kappa shape index (κ2) is 15.6. The lowest BCUT2D eigenvalue weighted by molar-refractivity contribution is 1.04. The third-order valence-electron chi connectivity index (χ3n) is 13.3. The highest BCUT2D eigenvalue weighted by Crippen LogP contribution is 2.45. The second-order valence-electron chi connectivity index (χ2n) is 17.0. The van der Waals surface area contributed by atoms with E-state index in [1.165, 1.54) is 130 Å². The predicted octanol–water partition coefficient (Wildman–Crippen LogP) is 18.7. The van der Waals surface area contributed by atoms with Gasteiger partial charge in [-0.15, -0.1) is 22.7 Å². The summed E-state index contributed by atoms with van der Waals surface area (Å²) in [6.07, 6.45) is 11.0. The largest absolute Gasteiger partial charge is 0.309 e. The van der Waals surface area contributed by atoms with Crippen LogP contribution in [-0.4, -0.2) is 4.57 Å². The number of benzene rings is 10. The van der Waals surface area contributed by atoms with Gasteiger partial charge in [-0.3, -0.25) is 0 Å². The Morgan fingerprint density at radius 1 is 0.323 bits per heavy atom. The van der Waals surface area contributed by atoms with E-state index in [2.05, 4.69) is 229 Å². The van der Waals surface area contributed by atoms with Crippen LogP contribution in [0.25, 0.3) is 123 Å². The fourth-order valence-electron chi connectivity index (χ4n) is 10.2. The monoisotopic (exact) mass is 863 g/mol. The Kier molecular flexibility index (Phi) is 9.11. The first kappa shape index (κ1) is 37.9. The Hall–Kier alpha value is -7.56. The molecule has 0 spiro atoms. The van der Waals surface area contributed by atoms with Crippen LogP contribution in [0.1, 0.15) is 12.8 Å². The summed E-state index contributed by atoms with van der Waals surface area (Å²) in [5, 5.41) is 12.9. The number of hydrogen-bond donors (Lipinski definition) is 0. The average molecular weight is 864 g/mol. The van der Waals surface area contributed by atoms with Crippen molar-refractivity contribution in [1.82, 2.24) is 4.57 Å². The zero-order valence-corrected chi connectivity index (χ0v) is 37.2. The van der Waals surface area contributed by atoms with Gasteiger partial charge in [-0.2, -0.15) is 0 Å². The standard InChI is InChI=1S/C56H33NS2.C6H8/c1-2-12-39-35(11-1)31-48(43-14-4-3-13-42(39)43)34-23-27-38(28-24-34)57-51-29-25-36(40-17-9-19-46-44-15-5-7-21-53(44)58-55(40)46)32-49(51)50-33-37(26-30-52(50)57)41-18-10-20-47-45-16-6-8-22-54(45)59-56(41)47;1-2-4-6-5-3-1/h1-33H;1-4H,5-6H2. The van der Waals surface area contributed by atoms with Crippen LogP contribution in [0.2, 0.25) is 0 Å². The van der Waals surface area contributed by atoms with Gasteiger partial charge >= 0.3 is 0 Å². The highest BCUT2D eigenvalue weighted by atomic mass is 32.1.